The van der Waals surface area contributed by atoms with Crippen LogP contribution in [0.4, 0.5) is 5.69 Å². The Hall–Kier alpha value is -2.85. The lowest BCUT2D eigenvalue weighted by molar-refractivity contribution is 0.0601. The molecule has 1 aromatic heterocycles. The third-order valence-electron chi connectivity index (χ3n) is 4.60. The van der Waals surface area contributed by atoms with E-state index in [0.717, 1.165) is 33.9 Å². The summed E-state index contributed by atoms with van der Waals surface area (Å²) in [5.74, 6) is -0.341. The van der Waals surface area contributed by atoms with E-state index in [1.165, 1.54) is 7.11 Å². The SMILES string of the molecule is COC(=O)c1ccc(-n2c(C)cc(C=Nc3cccc(Cl)c3C)c2C)cc1. The quantitative estimate of drug-likeness (QED) is 0.437. The smallest absolute Gasteiger partial charge is 0.337 e. The number of ether oxygens (including phenoxy) is 1. The molecule has 0 spiro atoms. The Morgan fingerprint density at radius 2 is 1.81 bits per heavy atom. The van der Waals surface area contributed by atoms with Crippen molar-refractivity contribution in [1.29, 1.82) is 0 Å². The highest BCUT2D eigenvalue weighted by atomic mass is 35.5. The molecule has 2 aromatic carbocycles. The van der Waals surface area contributed by atoms with E-state index in [9.17, 15) is 4.79 Å². The van der Waals surface area contributed by atoms with Gasteiger partial charge in [-0.3, -0.25) is 4.99 Å². The molecule has 3 aromatic rings. The molecule has 0 atom stereocenters. The van der Waals surface area contributed by atoms with Gasteiger partial charge in [-0.1, -0.05) is 17.7 Å². The lowest BCUT2D eigenvalue weighted by Crippen LogP contribution is -2.03. The summed E-state index contributed by atoms with van der Waals surface area (Å²) >= 11 is 6.17. The van der Waals surface area contributed by atoms with Gasteiger partial charge in [-0.05, 0) is 68.8 Å². The Labute approximate surface area is 164 Å². The third kappa shape index (κ3) is 3.81. The number of hydrogen-bond donors (Lipinski definition) is 0. The number of methoxy groups -OCH3 is 1. The fourth-order valence-corrected chi connectivity index (χ4v) is 3.22. The molecule has 0 unspecified atom stereocenters. The van der Waals surface area contributed by atoms with Gasteiger partial charge in [0.05, 0.1) is 18.4 Å². The molecule has 0 aliphatic heterocycles. The largest absolute Gasteiger partial charge is 0.465 e. The van der Waals surface area contributed by atoms with Crippen LogP contribution in [0.5, 0.6) is 0 Å². The average Bonchev–Trinajstić information content (AvgIpc) is 2.96. The number of hydrogen-bond acceptors (Lipinski definition) is 3. The Morgan fingerprint density at radius 3 is 2.48 bits per heavy atom. The topological polar surface area (TPSA) is 43.6 Å². The van der Waals surface area contributed by atoms with Crippen LogP contribution in [0, 0.1) is 20.8 Å². The molecule has 0 amide bonds. The summed E-state index contributed by atoms with van der Waals surface area (Å²) in [6.45, 7) is 6.05. The maximum Gasteiger partial charge on any atom is 0.337 e. The standard InChI is InChI=1S/C22H21ClN2O2/c1-14-12-18(13-24-21-7-5-6-20(23)15(21)2)16(3)25(14)19-10-8-17(9-11-19)22(26)27-4/h5-13H,1-4H3. The number of carbonyl (C=O) groups is 1. The molecule has 5 heteroatoms. The summed E-state index contributed by atoms with van der Waals surface area (Å²) in [5.41, 5.74) is 6.52. The van der Waals surface area contributed by atoms with Crippen molar-refractivity contribution in [3.63, 3.8) is 0 Å². The average molecular weight is 381 g/mol. The van der Waals surface area contributed by atoms with Gasteiger partial charge in [0.1, 0.15) is 0 Å². The first-order valence-electron chi connectivity index (χ1n) is 8.59. The lowest BCUT2D eigenvalue weighted by atomic mass is 10.2. The molecule has 0 saturated carbocycles. The highest BCUT2D eigenvalue weighted by molar-refractivity contribution is 6.31. The van der Waals surface area contributed by atoms with Crippen molar-refractivity contribution < 1.29 is 9.53 Å². The van der Waals surface area contributed by atoms with Crippen molar-refractivity contribution in [3.05, 3.63) is 81.6 Å². The van der Waals surface area contributed by atoms with Crippen molar-refractivity contribution in [2.75, 3.05) is 7.11 Å². The molecular weight excluding hydrogens is 360 g/mol. The van der Waals surface area contributed by atoms with Crippen molar-refractivity contribution in [1.82, 2.24) is 4.57 Å². The molecule has 0 bridgehead atoms. The minimum Gasteiger partial charge on any atom is -0.465 e. The van der Waals surface area contributed by atoms with Crippen LogP contribution in [0.25, 0.3) is 5.69 Å². The third-order valence-corrected chi connectivity index (χ3v) is 5.01. The van der Waals surface area contributed by atoms with E-state index in [1.807, 2.05) is 57.3 Å². The van der Waals surface area contributed by atoms with E-state index in [4.69, 9.17) is 16.3 Å². The van der Waals surface area contributed by atoms with Gasteiger partial charge in [0.25, 0.3) is 0 Å². The number of halogens is 1. The molecule has 0 fully saturated rings. The molecule has 138 valence electrons. The molecule has 3 rings (SSSR count). The highest BCUT2D eigenvalue weighted by Gasteiger charge is 2.11. The molecule has 0 aliphatic rings. The van der Waals surface area contributed by atoms with Crippen LogP contribution in [-0.4, -0.2) is 23.9 Å². The number of aromatic nitrogens is 1. The minimum absolute atomic E-state index is 0.341. The summed E-state index contributed by atoms with van der Waals surface area (Å²) in [6, 6.07) is 15.2. The van der Waals surface area contributed by atoms with Gasteiger partial charge in [-0.25, -0.2) is 4.79 Å². The number of nitrogens with zero attached hydrogens (tertiary/aromatic N) is 2. The number of rotatable bonds is 4. The van der Waals surface area contributed by atoms with Crippen molar-refractivity contribution in [2.45, 2.75) is 20.8 Å². The van der Waals surface area contributed by atoms with E-state index in [2.05, 4.69) is 15.6 Å². The van der Waals surface area contributed by atoms with Gasteiger partial charge in [-0.15, -0.1) is 0 Å². The van der Waals surface area contributed by atoms with Crippen LogP contribution < -0.4 is 0 Å². The number of esters is 1. The molecule has 0 aliphatic carbocycles. The van der Waals surface area contributed by atoms with Crippen molar-refractivity contribution in [3.8, 4) is 5.69 Å². The second-order valence-corrected chi connectivity index (χ2v) is 6.75. The molecule has 0 saturated heterocycles. The molecule has 4 nitrogen and oxygen atoms in total. The molecule has 27 heavy (non-hydrogen) atoms. The monoisotopic (exact) mass is 380 g/mol. The summed E-state index contributed by atoms with van der Waals surface area (Å²) in [6.07, 6.45) is 1.86. The highest BCUT2D eigenvalue weighted by Crippen LogP contribution is 2.26. The number of benzene rings is 2. The number of carbonyl (C=O) groups excluding carboxylic acids is 1. The predicted octanol–water partition coefficient (Wildman–Crippen LogP) is 5.59. The first-order chi connectivity index (χ1) is 12.9. The predicted molar refractivity (Wildman–Crippen MR) is 110 cm³/mol. The van der Waals surface area contributed by atoms with Gasteiger partial charge >= 0.3 is 5.97 Å². The zero-order valence-electron chi connectivity index (χ0n) is 15.8. The zero-order chi connectivity index (χ0) is 19.6. The van der Waals surface area contributed by atoms with Crippen LogP contribution in [0.3, 0.4) is 0 Å². The molecule has 1 heterocycles. The fourth-order valence-electron chi connectivity index (χ4n) is 3.06. The second-order valence-electron chi connectivity index (χ2n) is 6.34. The Bertz CT molecular complexity index is 1020. The first kappa shape index (κ1) is 18.9. The number of aliphatic imine (C=N–C) groups is 1. The van der Waals surface area contributed by atoms with Crippen LogP contribution in [0.15, 0.2) is 53.5 Å². The maximum absolute atomic E-state index is 11.6. The second kappa shape index (κ2) is 7.80. The zero-order valence-corrected chi connectivity index (χ0v) is 16.5. The summed E-state index contributed by atoms with van der Waals surface area (Å²) < 4.78 is 6.89. The molecule has 0 radical (unpaired) electrons. The Kier molecular flexibility index (Phi) is 5.47. The maximum atomic E-state index is 11.6. The van der Waals surface area contributed by atoms with Crippen molar-refractivity contribution >= 4 is 29.5 Å². The minimum atomic E-state index is -0.341. The van der Waals surface area contributed by atoms with Crippen LogP contribution in [-0.2, 0) is 4.74 Å². The van der Waals surface area contributed by atoms with Gasteiger partial charge < -0.3 is 9.30 Å². The van der Waals surface area contributed by atoms with Gasteiger partial charge in [0, 0.05) is 33.9 Å². The molecular formula is C22H21ClN2O2. The van der Waals surface area contributed by atoms with Crippen LogP contribution in [0.1, 0.15) is 32.9 Å². The van der Waals surface area contributed by atoms with E-state index in [-0.39, 0.29) is 5.97 Å². The van der Waals surface area contributed by atoms with Crippen LogP contribution >= 0.6 is 11.6 Å². The Morgan fingerprint density at radius 1 is 1.11 bits per heavy atom. The molecule has 0 N–H and O–H groups in total. The first-order valence-corrected chi connectivity index (χ1v) is 8.97. The van der Waals surface area contributed by atoms with Gasteiger partial charge in [-0.2, -0.15) is 0 Å². The van der Waals surface area contributed by atoms with E-state index < -0.39 is 0 Å². The normalized spacial score (nSPS) is 11.1. The summed E-state index contributed by atoms with van der Waals surface area (Å²) in [5, 5.41) is 0.709. The lowest BCUT2D eigenvalue weighted by Gasteiger charge is -2.10. The van der Waals surface area contributed by atoms with Crippen molar-refractivity contribution in [2.24, 2.45) is 4.99 Å². The van der Waals surface area contributed by atoms with Gasteiger partial charge in [0.15, 0.2) is 0 Å². The van der Waals surface area contributed by atoms with E-state index in [0.29, 0.717) is 10.6 Å². The summed E-state index contributed by atoms with van der Waals surface area (Å²) in [7, 11) is 1.38. The fraction of sp³-hybridized carbons (Fsp3) is 0.182. The van der Waals surface area contributed by atoms with E-state index >= 15 is 0 Å². The van der Waals surface area contributed by atoms with E-state index in [1.54, 1.807) is 12.1 Å². The Balaban J connectivity index is 1.94. The van der Waals surface area contributed by atoms with Crippen LogP contribution in [0.2, 0.25) is 5.02 Å². The van der Waals surface area contributed by atoms with Gasteiger partial charge in [0.2, 0.25) is 0 Å². The number of aryl methyl sites for hydroxylation is 1. The summed E-state index contributed by atoms with van der Waals surface area (Å²) in [4.78, 5) is 16.2.